The molecule has 1 fully saturated rings. The van der Waals surface area contributed by atoms with E-state index in [1.807, 2.05) is 63.4 Å². The summed E-state index contributed by atoms with van der Waals surface area (Å²) in [5.41, 5.74) is 0. The Morgan fingerprint density at radius 2 is 0.902 bits per heavy atom. The zero-order chi connectivity index (χ0) is 29.9. The molecule has 20 heteroatoms. The average Bonchev–Trinajstić information content (AvgIpc) is 2.53. The van der Waals surface area contributed by atoms with E-state index in [4.69, 9.17) is 20.6 Å². The van der Waals surface area contributed by atoms with Crippen LogP contribution in [0, 0.1) is 22.3 Å². The smallest absolute Gasteiger partial charge is 0.391 e. The van der Waals surface area contributed by atoms with E-state index in [9.17, 15) is 33.6 Å². The molecule has 15 nitrogen and oxygen atoms in total. The lowest BCUT2D eigenvalue weighted by Gasteiger charge is -2.45. The van der Waals surface area contributed by atoms with Gasteiger partial charge in [0.25, 0.3) is 0 Å². The summed E-state index contributed by atoms with van der Waals surface area (Å²) in [5.74, 6) is 0. The number of hydrogen-bond acceptors (Lipinski definition) is 12. The highest BCUT2D eigenvalue weighted by atomic mass is 28.6. The molecule has 1 rings (SSSR count). The largest absolute Gasteiger partial charge is 0.660 e. The van der Waals surface area contributed by atoms with Gasteiger partial charge >= 0.3 is 44.5 Å². The molecule has 0 aliphatic carbocycles. The molecular formula is C21H61N3O12Si5. The molecule has 1 aliphatic heterocycles. The first-order valence-corrected chi connectivity index (χ1v) is 22.0. The molecule has 1 saturated heterocycles. The van der Waals surface area contributed by atoms with Gasteiger partial charge in [0.1, 0.15) is 0 Å². The third-order valence-electron chi connectivity index (χ3n) is 5.40. The van der Waals surface area contributed by atoms with E-state index in [-0.39, 0.29) is 40.4 Å². The molecule has 1 atom stereocenters. The second kappa shape index (κ2) is 16.2. The van der Waals surface area contributed by atoms with Gasteiger partial charge < -0.3 is 89.9 Å². The molecule has 41 heavy (non-hydrogen) atoms. The molecule has 1 unspecified atom stereocenters. The van der Waals surface area contributed by atoms with Gasteiger partial charge in [0.05, 0.1) is 83.1 Å². The van der Waals surface area contributed by atoms with Gasteiger partial charge in [-0.2, -0.15) is 0 Å². The first kappa shape index (κ1) is 45.9. The van der Waals surface area contributed by atoms with E-state index in [1.54, 1.807) is 0 Å². The van der Waals surface area contributed by atoms with E-state index in [1.165, 1.54) is 0 Å². The Labute approximate surface area is 254 Å². The van der Waals surface area contributed by atoms with Gasteiger partial charge in [0.2, 0.25) is 0 Å². The molecule has 0 amide bonds. The van der Waals surface area contributed by atoms with Crippen molar-refractivity contribution in [3.8, 4) is 0 Å². The minimum Gasteiger partial charge on any atom is -0.391 e. The van der Waals surface area contributed by atoms with Crippen molar-refractivity contribution < 1.29 is 67.6 Å². The quantitative estimate of drug-likeness (QED) is 0.0558. The van der Waals surface area contributed by atoms with Gasteiger partial charge in [0, 0.05) is 37.4 Å². The Balaban J connectivity index is -0.00000481. The number of quaternary nitrogens is 3. The molecule has 0 bridgehead atoms. The summed E-state index contributed by atoms with van der Waals surface area (Å²) in [6.07, 6.45) is 0.982. The van der Waals surface area contributed by atoms with Gasteiger partial charge in [-0.15, -0.1) is 0 Å². The van der Waals surface area contributed by atoms with Crippen molar-refractivity contribution in [2.24, 2.45) is 0 Å². The average molecular weight is 688 g/mol. The minimum atomic E-state index is -5.19. The maximum absolute atomic E-state index is 11.2. The van der Waals surface area contributed by atoms with Gasteiger partial charge in [-0.05, 0) is 0 Å². The molecule has 0 aromatic heterocycles. The van der Waals surface area contributed by atoms with Crippen LogP contribution < -0.4 is 0 Å². The SMILES string of the molecule is C[N+](C)(C)CCC[Si](O)(O)O[Si]1(O[Si](O)(O)CCC[N+](C)(C)C)O[Si](O)(O)O[Si](O)(CCC[N+](C)(C)C)O1.[CH3-].[CH3-].[CH3-]. The molecule has 0 aromatic rings. The van der Waals surface area contributed by atoms with Crippen LogP contribution in [0.2, 0.25) is 18.1 Å². The van der Waals surface area contributed by atoms with Crippen molar-refractivity contribution in [3.05, 3.63) is 22.3 Å². The van der Waals surface area contributed by atoms with Crippen LogP contribution in [0.15, 0.2) is 0 Å². The monoisotopic (exact) mass is 687 g/mol. The minimum absolute atomic E-state index is 0. The topological polar surface area (TPSA) is 188 Å². The fraction of sp³-hybridized carbons (Fsp3) is 0.857. The highest BCUT2D eigenvalue weighted by Gasteiger charge is 2.72. The van der Waals surface area contributed by atoms with Crippen molar-refractivity contribution >= 4 is 44.5 Å². The molecule has 7 N–H and O–H groups in total. The van der Waals surface area contributed by atoms with Crippen molar-refractivity contribution in [2.45, 2.75) is 37.4 Å². The Bertz CT molecular complexity index is 724. The fourth-order valence-electron chi connectivity index (χ4n) is 3.68. The Kier molecular flexibility index (Phi) is 18.1. The fourth-order valence-corrected chi connectivity index (χ4v) is 19.2. The van der Waals surface area contributed by atoms with Crippen LogP contribution in [0.5, 0.6) is 0 Å². The second-order valence-corrected chi connectivity index (χ2v) is 25.2. The van der Waals surface area contributed by atoms with Gasteiger partial charge in [0.15, 0.2) is 0 Å². The maximum Gasteiger partial charge on any atom is 0.660 e. The standard InChI is InChI=1S/C18H52N3O12Si5.3CH3/c1-19(2,3)13-10-16-34(22,23)29-38(30-35(24,25)17-11-14-20(4,5)6)32-36(26,31-37(27,28)33-38)18-12-15-21(7,8)9;;;/h22-28H,10-18H2,1-9H3;3*1H3/q+3;3*-1. The van der Waals surface area contributed by atoms with Crippen molar-refractivity contribution in [3.63, 3.8) is 0 Å². The molecule has 0 spiro atoms. The molecule has 252 valence electrons. The molecule has 0 saturated carbocycles. The second-order valence-electron chi connectivity index (χ2n) is 13.1. The first-order chi connectivity index (χ1) is 16.7. The first-order valence-electron chi connectivity index (χ1n) is 12.6. The van der Waals surface area contributed by atoms with Crippen LogP contribution in [-0.2, 0) is 20.6 Å². The van der Waals surface area contributed by atoms with Gasteiger partial charge in [-0.1, -0.05) is 0 Å². The Morgan fingerprint density at radius 3 is 1.24 bits per heavy atom. The summed E-state index contributed by atoms with van der Waals surface area (Å²) in [4.78, 5) is 75.3. The third-order valence-corrected chi connectivity index (χ3v) is 19.7. The predicted octanol–water partition coefficient (Wildman–Crippen LogP) is -1.64. The van der Waals surface area contributed by atoms with Crippen molar-refractivity contribution in [2.75, 3.05) is 83.1 Å². The predicted molar refractivity (Wildman–Crippen MR) is 166 cm³/mol. The maximum atomic E-state index is 11.2. The Morgan fingerprint density at radius 1 is 0.561 bits per heavy atom. The highest BCUT2D eigenvalue weighted by molar-refractivity contribution is 6.88. The lowest BCUT2D eigenvalue weighted by molar-refractivity contribution is -0.870. The summed E-state index contributed by atoms with van der Waals surface area (Å²) in [7, 11) is -6.86. The van der Waals surface area contributed by atoms with Crippen molar-refractivity contribution in [1.29, 1.82) is 0 Å². The van der Waals surface area contributed by atoms with E-state index in [2.05, 4.69) is 0 Å². The van der Waals surface area contributed by atoms with Gasteiger partial charge in [-0.3, -0.25) is 0 Å². The number of rotatable bonds is 16. The van der Waals surface area contributed by atoms with E-state index < -0.39 is 44.5 Å². The highest BCUT2D eigenvalue weighted by Crippen LogP contribution is 2.35. The lowest BCUT2D eigenvalue weighted by Crippen LogP contribution is -2.77. The van der Waals surface area contributed by atoms with Crippen LogP contribution in [0.4, 0.5) is 0 Å². The van der Waals surface area contributed by atoms with Crippen LogP contribution in [-0.4, -0.2) is 175 Å². The normalized spacial score (nSPS) is 21.4. The Hall–Kier alpha value is 0.484. The summed E-state index contributed by atoms with van der Waals surface area (Å²) in [6, 6.07) is -0.606. The van der Waals surface area contributed by atoms with Crippen LogP contribution in [0.3, 0.4) is 0 Å². The van der Waals surface area contributed by atoms with Crippen LogP contribution >= 0.6 is 0 Å². The van der Waals surface area contributed by atoms with Crippen molar-refractivity contribution in [1.82, 2.24) is 0 Å². The van der Waals surface area contributed by atoms with E-state index in [0.29, 0.717) is 52.3 Å². The van der Waals surface area contributed by atoms with E-state index >= 15 is 0 Å². The summed E-state index contributed by atoms with van der Waals surface area (Å²) < 4.78 is 28.5. The third kappa shape index (κ3) is 20.2. The zero-order valence-corrected chi connectivity index (χ0v) is 32.4. The van der Waals surface area contributed by atoms with E-state index in [0.717, 1.165) is 0 Å². The van der Waals surface area contributed by atoms with Gasteiger partial charge in [-0.25, -0.2) is 0 Å². The molecular weight excluding hydrogens is 627 g/mol. The van der Waals surface area contributed by atoms with Crippen LogP contribution in [0.25, 0.3) is 0 Å². The summed E-state index contributed by atoms with van der Waals surface area (Å²) in [5, 5.41) is 0. The molecule has 1 aliphatic rings. The zero-order valence-electron chi connectivity index (χ0n) is 27.4. The number of hydrogen-bond donors (Lipinski definition) is 7. The number of nitrogens with zero attached hydrogens (tertiary/aromatic N) is 3. The summed E-state index contributed by atoms with van der Waals surface area (Å²) in [6.45, 7) is 1.69. The lowest BCUT2D eigenvalue weighted by atomic mass is 10.4. The van der Waals surface area contributed by atoms with Crippen LogP contribution in [0.1, 0.15) is 19.3 Å². The molecule has 0 radical (unpaired) electrons. The molecule has 0 aromatic carbocycles. The molecule has 1 heterocycles. The summed E-state index contributed by atoms with van der Waals surface area (Å²) >= 11 is 0.